The summed E-state index contributed by atoms with van der Waals surface area (Å²) in [7, 11) is 0. The normalized spacial score (nSPS) is 31.6. The molecule has 0 aliphatic heterocycles. The first-order chi connectivity index (χ1) is 12.1. The number of halogens is 1. The minimum Gasteiger partial charge on any atom is -0.508 e. The lowest BCUT2D eigenvalue weighted by Gasteiger charge is -2.54. The zero-order valence-electron chi connectivity index (χ0n) is 15.5. The van der Waals surface area contributed by atoms with Crippen LogP contribution in [0.4, 0.5) is 0 Å². The van der Waals surface area contributed by atoms with Gasteiger partial charge < -0.3 is 5.11 Å². The highest BCUT2D eigenvalue weighted by molar-refractivity contribution is 6.30. The molecule has 0 unspecified atom stereocenters. The van der Waals surface area contributed by atoms with Crippen LogP contribution in [0.25, 0.3) is 0 Å². The van der Waals surface area contributed by atoms with Gasteiger partial charge in [-0.1, -0.05) is 44.2 Å². The summed E-state index contributed by atoms with van der Waals surface area (Å²) in [4.78, 5) is 26.7. The molecule has 1 aromatic carbocycles. The number of fused-ring (bicyclic) bond motifs is 1. The molecule has 3 rings (SSSR count). The number of benzene rings is 1. The summed E-state index contributed by atoms with van der Waals surface area (Å²) in [6.07, 6.45) is 4.12. The third-order valence-electron chi connectivity index (χ3n) is 6.56. The predicted molar refractivity (Wildman–Crippen MR) is 103 cm³/mol. The van der Waals surface area contributed by atoms with Gasteiger partial charge in [-0.3, -0.25) is 9.59 Å². The Morgan fingerprint density at radius 3 is 2.42 bits per heavy atom. The van der Waals surface area contributed by atoms with E-state index in [1.807, 2.05) is 19.9 Å². The van der Waals surface area contributed by atoms with Crippen molar-refractivity contribution >= 4 is 23.2 Å². The van der Waals surface area contributed by atoms with Gasteiger partial charge in [-0.05, 0) is 55.2 Å². The van der Waals surface area contributed by atoms with E-state index in [4.69, 9.17) is 11.6 Å². The van der Waals surface area contributed by atoms with Crippen LogP contribution in [-0.4, -0.2) is 16.7 Å². The maximum atomic E-state index is 13.5. The fourth-order valence-corrected chi connectivity index (χ4v) is 4.79. The molecule has 4 heteroatoms. The van der Waals surface area contributed by atoms with Crippen molar-refractivity contribution < 1.29 is 14.7 Å². The number of ketones is 2. The lowest BCUT2D eigenvalue weighted by atomic mass is 9.45. The molecular weight excluding hydrogens is 348 g/mol. The van der Waals surface area contributed by atoms with Crippen molar-refractivity contribution in [2.45, 2.75) is 40.0 Å². The molecule has 0 heterocycles. The molecule has 136 valence electrons. The Kier molecular flexibility index (Phi) is 4.27. The number of carbonyl (C=O) groups excluding carboxylic acids is 2. The molecule has 1 N–H and O–H groups in total. The number of rotatable bonds is 2. The third kappa shape index (κ3) is 2.20. The van der Waals surface area contributed by atoms with E-state index in [0.717, 1.165) is 5.57 Å². The first kappa shape index (κ1) is 18.7. The van der Waals surface area contributed by atoms with Crippen LogP contribution in [-0.2, 0) is 9.59 Å². The molecule has 0 fully saturated rings. The van der Waals surface area contributed by atoms with E-state index in [9.17, 15) is 14.7 Å². The average molecular weight is 371 g/mol. The van der Waals surface area contributed by atoms with Crippen molar-refractivity contribution in [3.8, 4) is 5.75 Å². The maximum absolute atomic E-state index is 13.5. The second-order valence-electron chi connectivity index (χ2n) is 7.69. The minimum absolute atomic E-state index is 0.0111. The van der Waals surface area contributed by atoms with Crippen molar-refractivity contribution in [2.24, 2.45) is 10.8 Å². The van der Waals surface area contributed by atoms with Crippen LogP contribution in [0.3, 0.4) is 0 Å². The number of carbonyl (C=O) groups is 2. The SMILES string of the molecule is C=CC1=CC[C@@]2(C)C(=O)C(C)=C(C)C(=O)[C@@]2(C)[C@H]1c1cc(Cl)ccc1O. The van der Waals surface area contributed by atoms with Crippen molar-refractivity contribution in [2.75, 3.05) is 0 Å². The van der Waals surface area contributed by atoms with Crippen LogP contribution in [0.1, 0.15) is 45.6 Å². The van der Waals surface area contributed by atoms with E-state index >= 15 is 0 Å². The number of aromatic hydroxyl groups is 1. The number of Topliss-reactive ketones (excluding diaryl/α,β-unsaturated/α-hetero) is 2. The topological polar surface area (TPSA) is 54.4 Å². The van der Waals surface area contributed by atoms with Crippen molar-refractivity contribution in [3.63, 3.8) is 0 Å². The largest absolute Gasteiger partial charge is 0.508 e. The quantitative estimate of drug-likeness (QED) is 0.783. The van der Waals surface area contributed by atoms with E-state index < -0.39 is 16.7 Å². The molecule has 1 aromatic rings. The molecule has 0 aromatic heterocycles. The fraction of sp³-hybridized carbons (Fsp3) is 0.364. The summed E-state index contributed by atoms with van der Waals surface area (Å²) in [5, 5.41) is 11.0. The summed E-state index contributed by atoms with van der Waals surface area (Å²) in [6.45, 7) is 11.0. The predicted octanol–water partition coefficient (Wildman–Crippen LogP) is 5.15. The van der Waals surface area contributed by atoms with Gasteiger partial charge in [-0.25, -0.2) is 0 Å². The Hall–Kier alpha value is -2.13. The summed E-state index contributed by atoms with van der Waals surface area (Å²) in [5.41, 5.74) is 0.473. The molecule has 2 aliphatic rings. The standard InChI is InChI=1S/C22H23ClO3/c1-6-14-9-10-21(4)19(25)12(2)13(3)20(26)22(21,5)18(14)16-11-15(23)7-8-17(16)24/h6-9,11,18,24H,1,10H2,2-5H3/t18-,21+,22-/m1/s1. The Balaban J connectivity index is 2.38. The number of allylic oxidation sites excluding steroid dienone is 5. The second-order valence-corrected chi connectivity index (χ2v) is 8.13. The van der Waals surface area contributed by atoms with Gasteiger partial charge in [-0.2, -0.15) is 0 Å². The highest BCUT2D eigenvalue weighted by Gasteiger charge is 2.63. The molecule has 3 atom stereocenters. The zero-order valence-corrected chi connectivity index (χ0v) is 16.3. The molecule has 0 amide bonds. The number of hydrogen-bond acceptors (Lipinski definition) is 3. The summed E-state index contributed by atoms with van der Waals surface area (Å²) >= 11 is 6.18. The third-order valence-corrected chi connectivity index (χ3v) is 6.79. The van der Waals surface area contributed by atoms with Gasteiger partial charge in [0.15, 0.2) is 11.6 Å². The highest BCUT2D eigenvalue weighted by atomic mass is 35.5. The molecular formula is C22H23ClO3. The minimum atomic E-state index is -1.03. The number of phenolic OH excluding ortho intramolecular Hbond substituents is 1. The highest BCUT2D eigenvalue weighted by Crippen LogP contribution is 2.62. The molecule has 3 nitrogen and oxygen atoms in total. The zero-order chi connectivity index (χ0) is 19.4. The van der Waals surface area contributed by atoms with Crippen LogP contribution in [0, 0.1) is 10.8 Å². The van der Waals surface area contributed by atoms with Gasteiger partial charge in [0, 0.05) is 21.9 Å². The Morgan fingerprint density at radius 1 is 1.19 bits per heavy atom. The van der Waals surface area contributed by atoms with Crippen LogP contribution in [0.15, 0.2) is 53.6 Å². The molecule has 0 saturated heterocycles. The monoisotopic (exact) mass is 370 g/mol. The van der Waals surface area contributed by atoms with Crippen LogP contribution >= 0.6 is 11.6 Å². The van der Waals surface area contributed by atoms with Gasteiger partial charge in [0.05, 0.1) is 5.41 Å². The molecule has 26 heavy (non-hydrogen) atoms. The smallest absolute Gasteiger partial charge is 0.166 e. The Morgan fingerprint density at radius 2 is 1.81 bits per heavy atom. The lowest BCUT2D eigenvalue weighted by molar-refractivity contribution is -0.147. The van der Waals surface area contributed by atoms with Crippen molar-refractivity contribution in [1.29, 1.82) is 0 Å². The fourth-order valence-electron chi connectivity index (χ4n) is 4.61. The van der Waals surface area contributed by atoms with E-state index in [-0.39, 0.29) is 17.3 Å². The van der Waals surface area contributed by atoms with Crippen molar-refractivity contribution in [3.05, 3.63) is 64.2 Å². The van der Waals surface area contributed by atoms with E-state index in [1.165, 1.54) is 6.07 Å². The molecule has 0 radical (unpaired) electrons. The summed E-state index contributed by atoms with van der Waals surface area (Å²) in [6, 6.07) is 4.80. The van der Waals surface area contributed by atoms with Gasteiger partial charge in [0.2, 0.25) is 0 Å². The number of phenols is 1. The second kappa shape index (κ2) is 5.95. The lowest BCUT2D eigenvalue weighted by Crippen LogP contribution is -2.57. The van der Waals surface area contributed by atoms with Crippen molar-refractivity contribution in [1.82, 2.24) is 0 Å². The molecule has 0 saturated carbocycles. The molecule has 0 spiro atoms. The van der Waals surface area contributed by atoms with E-state index in [0.29, 0.717) is 28.2 Å². The van der Waals surface area contributed by atoms with Gasteiger partial charge >= 0.3 is 0 Å². The first-order valence-corrected chi connectivity index (χ1v) is 9.05. The molecule has 2 aliphatic carbocycles. The average Bonchev–Trinajstić information content (AvgIpc) is 2.62. The van der Waals surface area contributed by atoms with Gasteiger partial charge in [0.25, 0.3) is 0 Å². The molecule has 0 bridgehead atoms. The van der Waals surface area contributed by atoms with Gasteiger partial charge in [-0.15, -0.1) is 0 Å². The maximum Gasteiger partial charge on any atom is 0.166 e. The first-order valence-electron chi connectivity index (χ1n) is 8.67. The van der Waals surface area contributed by atoms with Crippen LogP contribution in [0.2, 0.25) is 5.02 Å². The summed E-state index contributed by atoms with van der Waals surface area (Å²) < 4.78 is 0. The van der Waals surface area contributed by atoms with Crippen LogP contribution in [0.5, 0.6) is 5.75 Å². The van der Waals surface area contributed by atoms with Gasteiger partial charge in [0.1, 0.15) is 5.75 Å². The van der Waals surface area contributed by atoms with Crippen LogP contribution < -0.4 is 0 Å². The Bertz CT molecular complexity index is 908. The Labute approximate surface area is 159 Å². The van der Waals surface area contributed by atoms with E-state index in [2.05, 4.69) is 6.58 Å². The summed E-state index contributed by atoms with van der Waals surface area (Å²) in [5.74, 6) is -0.518. The number of hydrogen-bond donors (Lipinski definition) is 1. The van der Waals surface area contributed by atoms with E-state index in [1.54, 1.807) is 32.1 Å².